The van der Waals surface area contributed by atoms with Gasteiger partial charge in [0.2, 0.25) is 0 Å². The van der Waals surface area contributed by atoms with Gasteiger partial charge in [0.25, 0.3) is 0 Å². The number of carboxylic acids is 1. The number of carboxylic acid groups (broad SMARTS) is 1. The van der Waals surface area contributed by atoms with E-state index in [0.29, 0.717) is 5.56 Å². The van der Waals surface area contributed by atoms with E-state index < -0.39 is 30.1 Å². The lowest BCUT2D eigenvalue weighted by Crippen LogP contribution is -2.11. The molecule has 3 nitrogen and oxygen atoms in total. The number of aryl methyl sites for hydroxylation is 1. The maximum Gasteiger partial charge on any atom is 0.416 e. The Balaban J connectivity index is 2.57. The van der Waals surface area contributed by atoms with E-state index in [1.54, 1.807) is 13.0 Å². The molecule has 2 aromatic carbocycles. The molecule has 0 aliphatic heterocycles. The highest BCUT2D eigenvalue weighted by Crippen LogP contribution is 2.38. The van der Waals surface area contributed by atoms with Crippen molar-refractivity contribution in [2.24, 2.45) is 0 Å². The van der Waals surface area contributed by atoms with Gasteiger partial charge >= 0.3 is 12.1 Å². The summed E-state index contributed by atoms with van der Waals surface area (Å²) in [5.74, 6) is -2.15. The van der Waals surface area contributed by atoms with Crippen molar-refractivity contribution in [1.29, 1.82) is 0 Å². The molecule has 23 heavy (non-hydrogen) atoms. The van der Waals surface area contributed by atoms with Crippen LogP contribution in [0.4, 0.5) is 17.6 Å². The lowest BCUT2D eigenvalue weighted by Gasteiger charge is -2.14. The molecule has 0 heterocycles. The highest BCUT2D eigenvalue weighted by Gasteiger charge is 2.31. The summed E-state index contributed by atoms with van der Waals surface area (Å²) in [6.45, 7) is 0.896. The summed E-state index contributed by atoms with van der Waals surface area (Å²) in [4.78, 5) is 10.6. The van der Waals surface area contributed by atoms with Crippen LogP contribution < -0.4 is 4.74 Å². The van der Waals surface area contributed by atoms with Gasteiger partial charge in [-0.15, -0.1) is 0 Å². The molecule has 0 amide bonds. The van der Waals surface area contributed by atoms with Crippen LogP contribution >= 0.6 is 0 Å². The maximum absolute atomic E-state index is 14.1. The second-order valence-corrected chi connectivity index (χ2v) is 4.87. The van der Waals surface area contributed by atoms with Crippen molar-refractivity contribution in [1.82, 2.24) is 0 Å². The Morgan fingerprint density at radius 1 is 1.13 bits per heavy atom. The molecule has 0 saturated carbocycles. The van der Waals surface area contributed by atoms with Crippen LogP contribution in [0.15, 0.2) is 36.4 Å². The molecule has 2 aromatic rings. The molecule has 0 saturated heterocycles. The van der Waals surface area contributed by atoms with Crippen LogP contribution in [0, 0.1) is 12.7 Å². The standard InChI is InChI=1S/C16H12F4O3/c1-9-2-4-11(13(17)6-9)12-7-10(16(18,19)20)3-5-14(12)23-8-15(21)22/h2-7H,8H2,1H3,(H,21,22). The third kappa shape index (κ3) is 4.00. The number of alkyl halides is 3. The number of halogens is 4. The highest BCUT2D eigenvalue weighted by atomic mass is 19.4. The summed E-state index contributed by atoms with van der Waals surface area (Å²) in [7, 11) is 0. The Labute approximate surface area is 129 Å². The first kappa shape index (κ1) is 16.8. The van der Waals surface area contributed by atoms with Gasteiger partial charge in [0.15, 0.2) is 6.61 Å². The zero-order chi connectivity index (χ0) is 17.2. The fourth-order valence-electron chi connectivity index (χ4n) is 2.02. The van der Waals surface area contributed by atoms with Crippen molar-refractivity contribution in [2.75, 3.05) is 6.61 Å². The van der Waals surface area contributed by atoms with Crippen LogP contribution in [-0.4, -0.2) is 17.7 Å². The quantitative estimate of drug-likeness (QED) is 0.852. The van der Waals surface area contributed by atoms with Crippen molar-refractivity contribution in [3.63, 3.8) is 0 Å². The van der Waals surface area contributed by atoms with E-state index in [1.165, 1.54) is 12.1 Å². The van der Waals surface area contributed by atoms with Gasteiger partial charge in [-0.2, -0.15) is 13.2 Å². The van der Waals surface area contributed by atoms with Crippen LogP contribution in [0.25, 0.3) is 11.1 Å². The third-order valence-electron chi connectivity index (χ3n) is 3.07. The van der Waals surface area contributed by atoms with E-state index in [9.17, 15) is 22.4 Å². The zero-order valence-electron chi connectivity index (χ0n) is 11.9. The predicted molar refractivity (Wildman–Crippen MR) is 74.7 cm³/mol. The normalized spacial score (nSPS) is 11.3. The highest BCUT2D eigenvalue weighted by molar-refractivity contribution is 5.74. The fraction of sp³-hybridized carbons (Fsp3) is 0.188. The molecule has 0 fully saturated rings. The molecule has 0 atom stereocenters. The van der Waals surface area contributed by atoms with Gasteiger partial charge in [0, 0.05) is 11.1 Å². The second-order valence-electron chi connectivity index (χ2n) is 4.87. The number of rotatable bonds is 4. The van der Waals surface area contributed by atoms with Crippen LogP contribution in [0.1, 0.15) is 11.1 Å². The van der Waals surface area contributed by atoms with Gasteiger partial charge in [-0.05, 0) is 36.8 Å². The molecule has 0 radical (unpaired) electrons. The van der Waals surface area contributed by atoms with Gasteiger partial charge < -0.3 is 9.84 Å². The van der Waals surface area contributed by atoms with Crippen LogP contribution in [0.5, 0.6) is 5.75 Å². The summed E-state index contributed by atoms with van der Waals surface area (Å²) in [6.07, 6.45) is -4.61. The minimum Gasteiger partial charge on any atom is -0.481 e. The largest absolute Gasteiger partial charge is 0.481 e. The molecule has 1 N–H and O–H groups in total. The van der Waals surface area contributed by atoms with Crippen molar-refractivity contribution < 1.29 is 32.2 Å². The van der Waals surface area contributed by atoms with E-state index >= 15 is 0 Å². The number of carbonyl (C=O) groups is 1. The van der Waals surface area contributed by atoms with Crippen molar-refractivity contribution in [3.8, 4) is 16.9 Å². The first-order valence-corrected chi connectivity index (χ1v) is 6.51. The van der Waals surface area contributed by atoms with Crippen LogP contribution in [0.3, 0.4) is 0 Å². The van der Waals surface area contributed by atoms with Crippen molar-refractivity contribution >= 4 is 5.97 Å². The topological polar surface area (TPSA) is 46.5 Å². The van der Waals surface area contributed by atoms with Gasteiger partial charge in [0.1, 0.15) is 11.6 Å². The van der Waals surface area contributed by atoms with Gasteiger partial charge in [-0.3, -0.25) is 0 Å². The summed E-state index contributed by atoms with van der Waals surface area (Å²) in [6, 6.07) is 6.53. The minimum atomic E-state index is -4.61. The first-order chi connectivity index (χ1) is 10.7. The molecule has 0 unspecified atom stereocenters. The number of ether oxygens (including phenoxy) is 1. The number of hydrogen-bond donors (Lipinski definition) is 1. The molecule has 0 aromatic heterocycles. The number of aliphatic carboxylic acids is 1. The summed E-state index contributed by atoms with van der Waals surface area (Å²) < 4.78 is 57.7. The van der Waals surface area contributed by atoms with Gasteiger partial charge in [-0.25, -0.2) is 9.18 Å². The Morgan fingerprint density at radius 2 is 1.83 bits per heavy atom. The Bertz CT molecular complexity index is 739. The van der Waals surface area contributed by atoms with Gasteiger partial charge in [-0.1, -0.05) is 12.1 Å². The van der Waals surface area contributed by atoms with Crippen molar-refractivity contribution in [2.45, 2.75) is 13.1 Å². The number of hydrogen-bond acceptors (Lipinski definition) is 2. The lowest BCUT2D eigenvalue weighted by atomic mass is 10.00. The fourth-order valence-corrected chi connectivity index (χ4v) is 2.02. The second kappa shape index (κ2) is 6.28. The zero-order valence-corrected chi connectivity index (χ0v) is 11.9. The molecule has 0 aliphatic rings. The average molecular weight is 328 g/mol. The Kier molecular flexibility index (Phi) is 4.58. The maximum atomic E-state index is 14.1. The van der Waals surface area contributed by atoms with E-state index in [-0.39, 0.29) is 16.9 Å². The molecule has 0 spiro atoms. The molecule has 2 rings (SSSR count). The summed E-state index contributed by atoms with van der Waals surface area (Å²) >= 11 is 0. The van der Waals surface area contributed by atoms with Gasteiger partial charge in [0.05, 0.1) is 5.56 Å². The monoisotopic (exact) mass is 328 g/mol. The predicted octanol–water partition coefficient (Wildman–Crippen LogP) is 4.28. The summed E-state index contributed by atoms with van der Waals surface area (Å²) in [5, 5.41) is 8.63. The lowest BCUT2D eigenvalue weighted by molar-refractivity contribution is -0.140. The Hall–Kier alpha value is -2.57. The SMILES string of the molecule is Cc1ccc(-c2cc(C(F)(F)F)ccc2OCC(=O)O)c(F)c1. The van der Waals surface area contributed by atoms with E-state index in [0.717, 1.165) is 18.2 Å². The minimum absolute atomic E-state index is 0.0953. The van der Waals surface area contributed by atoms with Crippen LogP contribution in [-0.2, 0) is 11.0 Å². The van der Waals surface area contributed by atoms with Crippen LogP contribution in [0.2, 0.25) is 0 Å². The molecular formula is C16H12F4O3. The summed E-state index contributed by atoms with van der Waals surface area (Å²) in [5.41, 5.74) is -0.623. The number of benzene rings is 2. The molecule has 7 heteroatoms. The smallest absolute Gasteiger partial charge is 0.416 e. The third-order valence-corrected chi connectivity index (χ3v) is 3.07. The molecule has 0 bridgehead atoms. The molecule has 122 valence electrons. The van der Waals surface area contributed by atoms with Crippen molar-refractivity contribution in [3.05, 3.63) is 53.3 Å². The average Bonchev–Trinajstić information content (AvgIpc) is 2.44. The molecule has 0 aliphatic carbocycles. The van der Waals surface area contributed by atoms with E-state index in [4.69, 9.17) is 9.84 Å². The first-order valence-electron chi connectivity index (χ1n) is 6.51. The van der Waals surface area contributed by atoms with E-state index in [1.807, 2.05) is 0 Å². The molecular weight excluding hydrogens is 316 g/mol. The van der Waals surface area contributed by atoms with E-state index in [2.05, 4.69) is 0 Å². The Morgan fingerprint density at radius 3 is 2.39 bits per heavy atom.